The number of anilines is 2. The van der Waals surface area contributed by atoms with Crippen molar-refractivity contribution in [3.05, 3.63) is 76.2 Å². The molecule has 0 saturated heterocycles. The van der Waals surface area contributed by atoms with Gasteiger partial charge in [-0.05, 0) is 31.2 Å². The van der Waals surface area contributed by atoms with Crippen molar-refractivity contribution in [2.45, 2.75) is 19.5 Å². The third-order valence-electron chi connectivity index (χ3n) is 4.91. The first kappa shape index (κ1) is 18.2. The summed E-state index contributed by atoms with van der Waals surface area (Å²) in [7, 11) is 0. The summed E-state index contributed by atoms with van der Waals surface area (Å²) in [6.07, 6.45) is 0.233. The first-order valence-electron chi connectivity index (χ1n) is 9.84. The molecule has 3 heterocycles. The number of para-hydroxylation sites is 1. The van der Waals surface area contributed by atoms with Gasteiger partial charge in [-0.2, -0.15) is 0 Å². The maximum atomic E-state index is 12.8. The summed E-state index contributed by atoms with van der Waals surface area (Å²) >= 11 is 0. The van der Waals surface area contributed by atoms with Gasteiger partial charge >= 0.3 is 0 Å². The molecule has 2 aliphatic heterocycles. The molecule has 0 bridgehead atoms. The lowest BCUT2D eigenvalue weighted by Gasteiger charge is -2.27. The number of hydrogen-bond donors (Lipinski definition) is 2. The number of fused-ring (bicyclic) bond motifs is 2. The van der Waals surface area contributed by atoms with E-state index in [2.05, 4.69) is 15.6 Å². The summed E-state index contributed by atoms with van der Waals surface area (Å²) in [4.78, 5) is 22.1. The van der Waals surface area contributed by atoms with E-state index in [9.17, 15) is 4.79 Å². The molecule has 0 saturated carbocycles. The lowest BCUT2D eigenvalue weighted by Crippen LogP contribution is -2.37. The van der Waals surface area contributed by atoms with E-state index in [1.54, 1.807) is 11.5 Å². The van der Waals surface area contributed by atoms with Gasteiger partial charge in [0.25, 0.3) is 5.56 Å². The molecule has 2 N–H and O–H groups in total. The van der Waals surface area contributed by atoms with Crippen LogP contribution in [0.15, 0.2) is 64.4 Å². The number of guanidine groups is 1. The molecule has 3 aromatic rings. The number of nitrogens with zero attached hydrogens (tertiary/aromatic N) is 3. The molecule has 8 heteroatoms. The maximum absolute atomic E-state index is 12.8. The molecule has 1 atom stereocenters. The Morgan fingerprint density at radius 2 is 1.87 bits per heavy atom. The number of aromatic nitrogens is 2. The lowest BCUT2D eigenvalue weighted by molar-refractivity contribution is 0.297. The van der Waals surface area contributed by atoms with Gasteiger partial charge in [-0.3, -0.25) is 14.7 Å². The van der Waals surface area contributed by atoms with Crippen molar-refractivity contribution in [1.29, 1.82) is 0 Å². The fraction of sp³-hybridized carbons (Fsp3) is 0.227. The number of aryl methyl sites for hydroxylation is 1. The van der Waals surface area contributed by atoms with Gasteiger partial charge in [-0.15, -0.1) is 0 Å². The Morgan fingerprint density at radius 3 is 2.70 bits per heavy atom. The van der Waals surface area contributed by atoms with Crippen molar-refractivity contribution in [3.63, 3.8) is 0 Å². The van der Waals surface area contributed by atoms with E-state index in [-0.39, 0.29) is 5.56 Å². The molecule has 30 heavy (non-hydrogen) atoms. The number of nitrogens with one attached hydrogen (secondary N) is 2. The van der Waals surface area contributed by atoms with E-state index in [1.807, 2.05) is 48.5 Å². The zero-order chi connectivity index (χ0) is 20.5. The van der Waals surface area contributed by atoms with Gasteiger partial charge < -0.3 is 14.8 Å². The summed E-state index contributed by atoms with van der Waals surface area (Å²) in [5.41, 5.74) is 2.15. The van der Waals surface area contributed by atoms with Crippen molar-refractivity contribution >= 4 is 17.6 Å². The number of benzene rings is 2. The van der Waals surface area contributed by atoms with Crippen molar-refractivity contribution < 1.29 is 9.47 Å². The minimum atomic E-state index is -0.592. The standard InChI is InChI=1S/C22H21N5O3/c1-14-12-19(28)27-20(15-8-9-17-18(13-15)30-11-5-10-29-17)25-21(26-22(27)23-14)24-16-6-3-2-4-7-16/h2-4,6-9,12-13,20H,5,10-11H2,1H3,(H2,23,24,25,26). The Hall–Kier alpha value is -3.81. The van der Waals surface area contributed by atoms with Gasteiger partial charge in [-0.1, -0.05) is 24.3 Å². The van der Waals surface area contributed by atoms with Gasteiger partial charge in [0.05, 0.1) is 13.2 Å². The first-order valence-corrected chi connectivity index (χ1v) is 9.84. The van der Waals surface area contributed by atoms with Crippen LogP contribution in [-0.2, 0) is 0 Å². The fourth-order valence-corrected chi connectivity index (χ4v) is 3.53. The molecule has 0 radical (unpaired) electrons. The monoisotopic (exact) mass is 403 g/mol. The normalized spacial score (nSPS) is 17.2. The van der Waals surface area contributed by atoms with E-state index in [0.29, 0.717) is 42.3 Å². The van der Waals surface area contributed by atoms with Crippen molar-refractivity contribution in [2.24, 2.45) is 4.99 Å². The van der Waals surface area contributed by atoms with Crippen LogP contribution in [0.3, 0.4) is 0 Å². The molecule has 1 unspecified atom stereocenters. The second-order valence-electron chi connectivity index (χ2n) is 7.15. The van der Waals surface area contributed by atoms with Crippen LogP contribution in [0.4, 0.5) is 11.6 Å². The Labute approximate surface area is 173 Å². The van der Waals surface area contributed by atoms with Crippen LogP contribution >= 0.6 is 0 Å². The number of ether oxygens (including phenoxy) is 2. The molecule has 2 aromatic carbocycles. The topological polar surface area (TPSA) is 89.8 Å². The Balaban J connectivity index is 1.59. The average molecular weight is 403 g/mol. The Bertz CT molecular complexity index is 1170. The Kier molecular flexibility index (Phi) is 4.59. The molecular weight excluding hydrogens is 382 g/mol. The number of rotatable bonds is 2. The summed E-state index contributed by atoms with van der Waals surface area (Å²) in [6, 6.07) is 16.9. The van der Waals surface area contributed by atoms with Crippen LogP contribution in [0, 0.1) is 6.92 Å². The molecule has 2 aliphatic rings. The van der Waals surface area contributed by atoms with Gasteiger partial charge in [0.1, 0.15) is 0 Å². The smallest absolute Gasteiger partial charge is 0.257 e. The van der Waals surface area contributed by atoms with Gasteiger partial charge in [-0.25, -0.2) is 9.98 Å². The molecule has 5 rings (SSSR count). The predicted molar refractivity (Wildman–Crippen MR) is 115 cm³/mol. The minimum Gasteiger partial charge on any atom is -0.490 e. The summed E-state index contributed by atoms with van der Waals surface area (Å²) in [5.74, 6) is 2.30. The van der Waals surface area contributed by atoms with Crippen LogP contribution in [-0.4, -0.2) is 28.7 Å². The summed E-state index contributed by atoms with van der Waals surface area (Å²) < 4.78 is 13.1. The molecule has 0 fully saturated rings. The zero-order valence-corrected chi connectivity index (χ0v) is 16.5. The van der Waals surface area contributed by atoms with Gasteiger partial charge in [0.15, 0.2) is 17.7 Å². The van der Waals surface area contributed by atoms with Crippen LogP contribution < -0.4 is 25.7 Å². The molecule has 8 nitrogen and oxygen atoms in total. The van der Waals surface area contributed by atoms with Crippen molar-refractivity contribution in [1.82, 2.24) is 9.55 Å². The number of aliphatic imine (C=N–C) groups is 1. The van der Waals surface area contributed by atoms with Crippen LogP contribution in [0.2, 0.25) is 0 Å². The van der Waals surface area contributed by atoms with Gasteiger partial charge in [0, 0.05) is 29.4 Å². The van der Waals surface area contributed by atoms with Gasteiger partial charge in [0.2, 0.25) is 11.9 Å². The van der Waals surface area contributed by atoms with Crippen LogP contribution in [0.5, 0.6) is 11.5 Å². The fourth-order valence-electron chi connectivity index (χ4n) is 3.53. The molecule has 0 aliphatic carbocycles. The highest BCUT2D eigenvalue weighted by Gasteiger charge is 2.26. The number of hydrogen-bond acceptors (Lipinski definition) is 7. The molecule has 0 spiro atoms. The zero-order valence-electron chi connectivity index (χ0n) is 16.5. The average Bonchev–Trinajstić information content (AvgIpc) is 2.98. The maximum Gasteiger partial charge on any atom is 0.257 e. The second kappa shape index (κ2) is 7.55. The molecule has 1 aromatic heterocycles. The highest BCUT2D eigenvalue weighted by atomic mass is 16.5. The summed E-state index contributed by atoms with van der Waals surface area (Å²) in [5, 5.41) is 6.39. The third-order valence-corrected chi connectivity index (χ3v) is 4.91. The third kappa shape index (κ3) is 3.47. The quantitative estimate of drug-likeness (QED) is 0.683. The molecular formula is C22H21N5O3. The van der Waals surface area contributed by atoms with E-state index in [1.165, 1.54) is 6.07 Å². The van der Waals surface area contributed by atoms with E-state index in [0.717, 1.165) is 17.7 Å². The highest BCUT2D eigenvalue weighted by Crippen LogP contribution is 2.35. The molecule has 0 amide bonds. The largest absolute Gasteiger partial charge is 0.490 e. The SMILES string of the molecule is Cc1cc(=O)n2c(n1)NC(Nc1ccccc1)=NC2c1ccc2c(c1)OCCCO2. The highest BCUT2D eigenvalue weighted by molar-refractivity contribution is 6.03. The van der Waals surface area contributed by atoms with Crippen molar-refractivity contribution in [3.8, 4) is 11.5 Å². The lowest BCUT2D eigenvalue weighted by atomic mass is 10.1. The first-order chi connectivity index (χ1) is 14.7. The van der Waals surface area contributed by atoms with E-state index >= 15 is 0 Å². The molecule has 152 valence electrons. The van der Waals surface area contributed by atoms with E-state index in [4.69, 9.17) is 14.5 Å². The van der Waals surface area contributed by atoms with Crippen molar-refractivity contribution in [2.75, 3.05) is 23.8 Å². The van der Waals surface area contributed by atoms with Crippen LogP contribution in [0.25, 0.3) is 0 Å². The van der Waals surface area contributed by atoms with Crippen LogP contribution in [0.1, 0.15) is 23.8 Å². The summed E-state index contributed by atoms with van der Waals surface area (Å²) in [6.45, 7) is 3.00. The predicted octanol–water partition coefficient (Wildman–Crippen LogP) is 3.15. The minimum absolute atomic E-state index is 0.176. The van der Waals surface area contributed by atoms with E-state index < -0.39 is 6.17 Å². The Morgan fingerprint density at radius 1 is 1.07 bits per heavy atom. The second-order valence-corrected chi connectivity index (χ2v) is 7.15.